The van der Waals surface area contributed by atoms with Gasteiger partial charge in [-0.05, 0) is 48.5 Å². The summed E-state index contributed by atoms with van der Waals surface area (Å²) >= 11 is 21.0. The molecular weight excluding hydrogens is 503 g/mol. The van der Waals surface area contributed by atoms with Gasteiger partial charge in [-0.3, -0.25) is 9.98 Å². The number of nitrogens with zero attached hydrogens (tertiary/aromatic N) is 4. The zero-order chi connectivity index (χ0) is 21.1. The summed E-state index contributed by atoms with van der Waals surface area (Å²) in [6, 6.07) is 13.7. The third-order valence-corrected chi connectivity index (χ3v) is 3.42. The minimum atomic E-state index is -0.104. The van der Waals surface area contributed by atoms with Crippen molar-refractivity contribution in [1.82, 2.24) is 0 Å². The molecule has 0 spiro atoms. The summed E-state index contributed by atoms with van der Waals surface area (Å²) in [5, 5.41) is 1.45. The number of hydrogen-bond acceptors (Lipinski definition) is 4. The van der Waals surface area contributed by atoms with Crippen LogP contribution in [0.4, 0.5) is 11.4 Å². The fourth-order valence-corrected chi connectivity index (χ4v) is 2.20. The molecule has 2 rings (SSSR count). The maximum absolute atomic E-state index is 5.69. The molecular formula is C16H16Cl2CuN8S2. The van der Waals surface area contributed by atoms with Gasteiger partial charge in [0.2, 0.25) is 0 Å². The van der Waals surface area contributed by atoms with Crippen molar-refractivity contribution in [2.24, 2.45) is 42.9 Å². The number of nitrogens with two attached hydrogens (primary N) is 4. The maximum atomic E-state index is 5.69. The molecule has 0 saturated carbocycles. The molecule has 0 unspecified atom stereocenters. The molecule has 13 heteroatoms. The van der Waals surface area contributed by atoms with Crippen LogP contribution >= 0.6 is 23.2 Å². The van der Waals surface area contributed by atoms with Gasteiger partial charge in [0.05, 0.1) is 11.4 Å². The van der Waals surface area contributed by atoms with Crippen molar-refractivity contribution >= 4 is 82.1 Å². The fourth-order valence-electron chi connectivity index (χ4n) is 1.52. The molecule has 2 aromatic rings. The number of benzene rings is 2. The normalized spacial score (nSPS) is 10.7. The van der Waals surface area contributed by atoms with Crippen LogP contribution in [0.2, 0.25) is 10.0 Å². The molecule has 8 nitrogen and oxygen atoms in total. The summed E-state index contributed by atoms with van der Waals surface area (Å²) in [7, 11) is 0. The Morgan fingerprint density at radius 2 is 0.897 bits per heavy atom. The van der Waals surface area contributed by atoms with E-state index in [1.165, 1.54) is 0 Å². The first-order chi connectivity index (χ1) is 13.2. The monoisotopic (exact) mass is 517 g/mol. The van der Waals surface area contributed by atoms with Crippen molar-refractivity contribution in [3.63, 3.8) is 0 Å². The van der Waals surface area contributed by atoms with E-state index in [4.69, 9.17) is 71.4 Å². The minimum Gasteiger partial charge on any atom is -0.740 e. The van der Waals surface area contributed by atoms with E-state index in [2.05, 4.69) is 20.0 Å². The Labute approximate surface area is 199 Å². The van der Waals surface area contributed by atoms with Crippen molar-refractivity contribution in [3.8, 4) is 0 Å². The van der Waals surface area contributed by atoms with Crippen molar-refractivity contribution in [2.75, 3.05) is 0 Å². The predicted octanol–water partition coefficient (Wildman–Crippen LogP) is 2.29. The number of halogens is 2. The molecule has 2 aromatic carbocycles. The van der Waals surface area contributed by atoms with Crippen LogP contribution < -0.4 is 22.9 Å². The molecule has 0 heterocycles. The first-order valence-corrected chi connectivity index (χ1v) is 8.94. The largest absolute Gasteiger partial charge is 2.00 e. The number of amidine groups is 2. The third kappa shape index (κ3) is 12.8. The smallest absolute Gasteiger partial charge is 0.740 e. The molecule has 0 amide bonds. The predicted molar refractivity (Wildman–Crippen MR) is 123 cm³/mol. The second-order valence-electron chi connectivity index (χ2n) is 4.81. The first kappa shape index (κ1) is 26.9. The van der Waals surface area contributed by atoms with Gasteiger partial charge in [0.1, 0.15) is 0 Å². The van der Waals surface area contributed by atoms with E-state index < -0.39 is 0 Å². The van der Waals surface area contributed by atoms with Crippen LogP contribution in [-0.2, 0) is 42.3 Å². The van der Waals surface area contributed by atoms with Crippen LogP contribution in [0, 0.1) is 0 Å². The molecule has 0 fully saturated rings. The summed E-state index contributed by atoms with van der Waals surface area (Å²) in [4.78, 5) is 15.1. The van der Waals surface area contributed by atoms with E-state index in [-0.39, 0.29) is 39.3 Å². The van der Waals surface area contributed by atoms with Gasteiger partial charge in [0, 0.05) is 20.4 Å². The van der Waals surface area contributed by atoms with Gasteiger partial charge >= 0.3 is 17.1 Å². The molecule has 29 heavy (non-hydrogen) atoms. The SMILES string of the molecule is NC(N)=NC([S-])=Nc1ccc(Cl)cc1.NC(N)=NC([S-])=Nc1ccc(Cl)cc1.[Cu+2]. The zero-order valence-electron chi connectivity index (χ0n) is 14.6. The number of aliphatic imine (C=N–C) groups is 4. The van der Waals surface area contributed by atoms with Crippen LogP contribution in [-0.4, -0.2) is 22.3 Å². The Morgan fingerprint density at radius 3 is 1.14 bits per heavy atom. The van der Waals surface area contributed by atoms with Crippen molar-refractivity contribution in [2.45, 2.75) is 0 Å². The van der Waals surface area contributed by atoms with Gasteiger partial charge in [0.15, 0.2) is 11.9 Å². The van der Waals surface area contributed by atoms with Gasteiger partial charge in [-0.25, -0.2) is 9.98 Å². The summed E-state index contributed by atoms with van der Waals surface area (Å²) in [6.07, 6.45) is 0. The minimum absolute atomic E-state index is 0. The van der Waals surface area contributed by atoms with E-state index in [1.54, 1.807) is 48.5 Å². The second-order valence-corrected chi connectivity index (χ2v) is 6.42. The van der Waals surface area contributed by atoms with Crippen molar-refractivity contribution in [1.29, 1.82) is 0 Å². The van der Waals surface area contributed by atoms with Crippen molar-refractivity contribution < 1.29 is 17.1 Å². The Hall–Kier alpha value is -2.14. The molecule has 0 saturated heterocycles. The molecule has 0 aromatic heterocycles. The average Bonchev–Trinajstić information content (AvgIpc) is 2.58. The number of hydrogen-bond donors (Lipinski definition) is 4. The molecule has 0 atom stereocenters. The van der Waals surface area contributed by atoms with Gasteiger partial charge in [-0.15, -0.1) is 0 Å². The quantitative estimate of drug-likeness (QED) is 0.207. The number of guanidine groups is 2. The van der Waals surface area contributed by atoms with Gasteiger partial charge in [0.25, 0.3) is 0 Å². The Bertz CT molecular complexity index is 817. The Morgan fingerprint density at radius 1 is 0.621 bits per heavy atom. The Kier molecular flexibility index (Phi) is 12.9. The standard InChI is InChI=1S/2C8H9ClN4S.Cu/c2*9-5-1-3-6(4-2-5)12-8(14)13-7(10)11;/h2*1-4H,(H5,10,11,12,13,14);/q;;+2/p-2. The molecule has 0 bridgehead atoms. The maximum Gasteiger partial charge on any atom is 2.00 e. The summed E-state index contributed by atoms with van der Waals surface area (Å²) in [5.74, 6) is -0.208. The molecule has 0 aliphatic heterocycles. The van der Waals surface area contributed by atoms with E-state index >= 15 is 0 Å². The van der Waals surface area contributed by atoms with E-state index in [9.17, 15) is 0 Å². The van der Waals surface area contributed by atoms with E-state index in [1.807, 2.05) is 0 Å². The molecule has 8 N–H and O–H groups in total. The van der Waals surface area contributed by atoms with Gasteiger partial charge < -0.3 is 48.2 Å². The van der Waals surface area contributed by atoms with E-state index in [0.717, 1.165) is 0 Å². The molecule has 0 aliphatic rings. The summed E-state index contributed by atoms with van der Waals surface area (Å²) in [5.41, 5.74) is 21.8. The molecule has 157 valence electrons. The van der Waals surface area contributed by atoms with Gasteiger partial charge in [-0.1, -0.05) is 23.2 Å². The van der Waals surface area contributed by atoms with Gasteiger partial charge in [-0.2, -0.15) is 0 Å². The summed E-state index contributed by atoms with van der Waals surface area (Å²) in [6.45, 7) is 0. The summed E-state index contributed by atoms with van der Waals surface area (Å²) < 4.78 is 0. The first-order valence-electron chi connectivity index (χ1n) is 7.37. The fraction of sp³-hybridized carbons (Fsp3) is 0. The third-order valence-electron chi connectivity index (χ3n) is 2.55. The van der Waals surface area contributed by atoms with Crippen molar-refractivity contribution in [3.05, 3.63) is 58.6 Å². The second kappa shape index (κ2) is 13.9. The molecule has 0 aliphatic carbocycles. The van der Waals surface area contributed by atoms with Crippen LogP contribution in [0.5, 0.6) is 0 Å². The average molecular weight is 519 g/mol. The molecule has 1 radical (unpaired) electrons. The number of rotatable bonds is 2. The van der Waals surface area contributed by atoms with Crippen LogP contribution in [0.25, 0.3) is 0 Å². The van der Waals surface area contributed by atoms with Crippen LogP contribution in [0.1, 0.15) is 0 Å². The zero-order valence-corrected chi connectivity index (χ0v) is 18.7. The topological polar surface area (TPSA) is 154 Å². The van der Waals surface area contributed by atoms with E-state index in [0.29, 0.717) is 21.4 Å². The Balaban J connectivity index is 0.000000523. The van der Waals surface area contributed by atoms with Crippen LogP contribution in [0.15, 0.2) is 68.5 Å². The van der Waals surface area contributed by atoms with Crippen LogP contribution in [0.3, 0.4) is 0 Å².